The van der Waals surface area contributed by atoms with Crippen molar-refractivity contribution in [2.75, 3.05) is 18.5 Å². The molecule has 8 heteroatoms. The number of esters is 1. The number of aromatic nitrogens is 2. The van der Waals surface area contributed by atoms with E-state index in [0.29, 0.717) is 11.0 Å². The molecule has 2 aromatic rings. The zero-order valence-corrected chi connectivity index (χ0v) is 11.8. The van der Waals surface area contributed by atoms with E-state index in [1.165, 1.54) is 6.20 Å². The summed E-state index contributed by atoms with van der Waals surface area (Å²) in [7, 11) is 0. The zero-order chi connectivity index (χ0) is 15.4. The summed E-state index contributed by atoms with van der Waals surface area (Å²) in [6.45, 7) is 1.49. The van der Waals surface area contributed by atoms with Gasteiger partial charge in [-0.05, 0) is 19.1 Å². The van der Waals surface area contributed by atoms with Crippen LogP contribution in [0.2, 0.25) is 5.15 Å². The lowest BCUT2D eigenvalue weighted by molar-refractivity contribution is -0.134. The van der Waals surface area contributed by atoms with Crippen molar-refractivity contribution in [2.45, 2.75) is 6.92 Å². The average Bonchev–Trinajstić information content (AvgIpc) is 2.44. The summed E-state index contributed by atoms with van der Waals surface area (Å²) >= 11 is 5.85. The summed E-state index contributed by atoms with van der Waals surface area (Å²) in [5.41, 5.74) is 1.15. The highest BCUT2D eigenvalue weighted by molar-refractivity contribution is 6.29. The van der Waals surface area contributed by atoms with E-state index in [1.807, 2.05) is 0 Å². The first-order valence-electron chi connectivity index (χ1n) is 6.11. The van der Waals surface area contributed by atoms with Crippen molar-refractivity contribution in [1.82, 2.24) is 9.97 Å². The number of carboxylic acid groups (broad SMARTS) is 1. The summed E-state index contributed by atoms with van der Waals surface area (Å²) in [6.07, 6.45) is 1.32. The van der Waals surface area contributed by atoms with Crippen LogP contribution < -0.4 is 5.32 Å². The molecule has 0 aliphatic rings. The molecule has 0 saturated heterocycles. The van der Waals surface area contributed by atoms with Crippen LogP contribution in [0.15, 0.2) is 18.3 Å². The molecule has 0 amide bonds. The molecule has 110 valence electrons. The van der Waals surface area contributed by atoms with Gasteiger partial charge in [0, 0.05) is 6.20 Å². The van der Waals surface area contributed by atoms with E-state index in [9.17, 15) is 9.59 Å². The predicted molar refractivity (Wildman–Crippen MR) is 76.6 cm³/mol. The molecule has 2 N–H and O–H groups in total. The van der Waals surface area contributed by atoms with Crippen LogP contribution in [-0.4, -0.2) is 40.2 Å². The molecule has 7 nitrogen and oxygen atoms in total. The van der Waals surface area contributed by atoms with Crippen LogP contribution in [0, 0.1) is 0 Å². The lowest BCUT2D eigenvalue weighted by Crippen LogP contribution is -2.17. The number of hydrogen-bond donors (Lipinski definition) is 2. The van der Waals surface area contributed by atoms with E-state index in [4.69, 9.17) is 21.4 Å². The van der Waals surface area contributed by atoms with Gasteiger partial charge in [0.15, 0.2) is 0 Å². The van der Waals surface area contributed by atoms with Crippen LogP contribution in [0.3, 0.4) is 0 Å². The molecule has 0 radical (unpaired) electrons. The number of aliphatic carboxylic acids is 1. The number of anilines is 1. The molecule has 2 heterocycles. The summed E-state index contributed by atoms with van der Waals surface area (Å²) < 4.78 is 4.93. The van der Waals surface area contributed by atoms with Gasteiger partial charge in [0.2, 0.25) is 0 Å². The van der Waals surface area contributed by atoms with Crippen molar-refractivity contribution in [3.63, 3.8) is 0 Å². The van der Waals surface area contributed by atoms with Gasteiger partial charge in [-0.1, -0.05) is 11.6 Å². The van der Waals surface area contributed by atoms with Crippen LogP contribution in [0.5, 0.6) is 0 Å². The fourth-order valence-corrected chi connectivity index (χ4v) is 1.90. The van der Waals surface area contributed by atoms with Crippen molar-refractivity contribution >= 4 is 40.3 Å². The quantitative estimate of drug-likeness (QED) is 0.643. The lowest BCUT2D eigenvalue weighted by atomic mass is 10.2. The number of nitrogens with zero attached hydrogens (tertiary/aromatic N) is 2. The first kappa shape index (κ1) is 15.0. The summed E-state index contributed by atoms with van der Waals surface area (Å²) in [5, 5.41) is 11.7. The van der Waals surface area contributed by atoms with E-state index in [1.54, 1.807) is 19.1 Å². The lowest BCUT2D eigenvalue weighted by Gasteiger charge is -2.12. The molecule has 2 aromatic heterocycles. The number of rotatable bonds is 5. The second kappa shape index (κ2) is 6.36. The van der Waals surface area contributed by atoms with Gasteiger partial charge in [0.1, 0.15) is 22.8 Å². The Hall–Kier alpha value is -2.41. The molecule has 0 aliphatic heterocycles. The number of carboxylic acids is 1. The Morgan fingerprint density at radius 2 is 2.19 bits per heavy atom. The van der Waals surface area contributed by atoms with Gasteiger partial charge < -0.3 is 15.2 Å². The van der Waals surface area contributed by atoms with Gasteiger partial charge >= 0.3 is 11.9 Å². The topological polar surface area (TPSA) is 101 Å². The Bertz CT molecular complexity index is 705. The fourth-order valence-electron chi connectivity index (χ4n) is 1.75. The minimum atomic E-state index is -1.07. The highest BCUT2D eigenvalue weighted by atomic mass is 35.5. The Kier molecular flexibility index (Phi) is 4.54. The Balaban J connectivity index is 2.58. The maximum atomic E-state index is 11.9. The van der Waals surface area contributed by atoms with Gasteiger partial charge in [-0.15, -0.1) is 0 Å². The van der Waals surface area contributed by atoms with Crippen molar-refractivity contribution in [3.8, 4) is 0 Å². The molecule has 0 aliphatic carbocycles. The SMILES string of the molecule is CCOC(=O)c1cnc2ccc(Cl)nc2c1NCC(=O)O. The van der Waals surface area contributed by atoms with Crippen LogP contribution in [0.25, 0.3) is 11.0 Å². The van der Waals surface area contributed by atoms with Crippen LogP contribution in [0.4, 0.5) is 5.69 Å². The van der Waals surface area contributed by atoms with Gasteiger partial charge in [0.25, 0.3) is 0 Å². The monoisotopic (exact) mass is 309 g/mol. The first-order valence-corrected chi connectivity index (χ1v) is 6.48. The molecule has 0 unspecified atom stereocenters. The normalized spacial score (nSPS) is 10.4. The molecule has 2 rings (SSSR count). The predicted octanol–water partition coefficient (Wildman–Crippen LogP) is 1.96. The maximum Gasteiger partial charge on any atom is 0.341 e. The standard InChI is InChI=1S/C13H12ClN3O4/c1-2-21-13(20)7-5-15-8-3-4-9(14)17-12(8)11(7)16-6-10(18)19/h3-5H,2,6H2,1H3,(H,15,16)(H,18,19). The molecule has 0 bridgehead atoms. The highest BCUT2D eigenvalue weighted by Gasteiger charge is 2.18. The summed E-state index contributed by atoms with van der Waals surface area (Å²) in [4.78, 5) is 30.9. The molecular weight excluding hydrogens is 298 g/mol. The number of ether oxygens (including phenoxy) is 1. The summed E-state index contributed by atoms with van der Waals surface area (Å²) in [6, 6.07) is 3.19. The van der Waals surface area contributed by atoms with Gasteiger partial charge in [-0.25, -0.2) is 9.78 Å². The molecule has 0 fully saturated rings. The zero-order valence-electron chi connectivity index (χ0n) is 11.1. The molecule has 0 saturated carbocycles. The summed E-state index contributed by atoms with van der Waals surface area (Å²) in [5.74, 6) is -1.68. The molecule has 0 aromatic carbocycles. The Morgan fingerprint density at radius 1 is 1.43 bits per heavy atom. The average molecular weight is 310 g/mol. The number of carbonyl (C=O) groups is 2. The third-order valence-electron chi connectivity index (χ3n) is 2.59. The highest BCUT2D eigenvalue weighted by Crippen LogP contribution is 2.26. The van der Waals surface area contributed by atoms with E-state index in [2.05, 4.69) is 15.3 Å². The third kappa shape index (κ3) is 3.38. The number of fused-ring (bicyclic) bond motifs is 1. The number of nitrogens with one attached hydrogen (secondary N) is 1. The van der Waals surface area contributed by atoms with Gasteiger partial charge in [-0.3, -0.25) is 9.78 Å². The van der Waals surface area contributed by atoms with E-state index in [-0.39, 0.29) is 29.6 Å². The number of carbonyl (C=O) groups excluding carboxylic acids is 1. The Labute approximate surface area is 124 Å². The van der Waals surface area contributed by atoms with E-state index >= 15 is 0 Å². The Morgan fingerprint density at radius 3 is 2.86 bits per heavy atom. The number of hydrogen-bond acceptors (Lipinski definition) is 6. The van der Waals surface area contributed by atoms with Gasteiger partial charge in [0.05, 0.1) is 17.8 Å². The molecule has 0 spiro atoms. The van der Waals surface area contributed by atoms with Crippen molar-refractivity contribution in [3.05, 3.63) is 29.0 Å². The first-order chi connectivity index (χ1) is 10.0. The number of pyridine rings is 2. The van der Waals surface area contributed by atoms with Crippen LogP contribution >= 0.6 is 11.6 Å². The molecular formula is C13H12ClN3O4. The smallest absolute Gasteiger partial charge is 0.341 e. The van der Waals surface area contributed by atoms with Crippen LogP contribution in [0.1, 0.15) is 17.3 Å². The van der Waals surface area contributed by atoms with E-state index in [0.717, 1.165) is 0 Å². The maximum absolute atomic E-state index is 11.9. The van der Waals surface area contributed by atoms with Crippen molar-refractivity contribution in [1.29, 1.82) is 0 Å². The minimum absolute atomic E-state index is 0.111. The fraction of sp³-hybridized carbons (Fsp3) is 0.231. The minimum Gasteiger partial charge on any atom is -0.480 e. The van der Waals surface area contributed by atoms with E-state index < -0.39 is 11.9 Å². The van der Waals surface area contributed by atoms with Crippen molar-refractivity contribution in [2.24, 2.45) is 0 Å². The number of halogens is 1. The third-order valence-corrected chi connectivity index (χ3v) is 2.80. The second-order valence-electron chi connectivity index (χ2n) is 4.02. The van der Waals surface area contributed by atoms with Crippen LogP contribution in [-0.2, 0) is 9.53 Å². The van der Waals surface area contributed by atoms with Gasteiger partial charge in [-0.2, -0.15) is 0 Å². The molecule has 0 atom stereocenters. The van der Waals surface area contributed by atoms with Crippen molar-refractivity contribution < 1.29 is 19.4 Å². The largest absolute Gasteiger partial charge is 0.480 e. The second-order valence-corrected chi connectivity index (χ2v) is 4.40. The molecule has 21 heavy (non-hydrogen) atoms.